The molecule has 20 heavy (non-hydrogen) atoms. The van der Waals surface area contributed by atoms with E-state index in [9.17, 15) is 0 Å². The summed E-state index contributed by atoms with van der Waals surface area (Å²) in [5, 5.41) is 11.7. The molecule has 0 aliphatic heterocycles. The Balaban J connectivity index is 1.68. The van der Waals surface area contributed by atoms with Crippen molar-refractivity contribution >= 4 is 45.3 Å². The van der Waals surface area contributed by atoms with Gasteiger partial charge in [0.1, 0.15) is 21.4 Å². The van der Waals surface area contributed by atoms with Crippen molar-refractivity contribution in [3.05, 3.63) is 33.9 Å². The fraction of sp³-hybridized carbons (Fsp3) is 0. The topological polar surface area (TPSA) is 51.6 Å². The number of rotatable bonds is 3. The van der Waals surface area contributed by atoms with E-state index in [1.165, 1.54) is 0 Å². The minimum absolute atomic E-state index is 0.910. The molecule has 8 heteroatoms. The van der Waals surface area contributed by atoms with Crippen LogP contribution in [0.15, 0.2) is 33.9 Å². The molecule has 0 aromatic carbocycles. The second-order valence-corrected chi connectivity index (χ2v) is 7.26. The molecule has 4 heterocycles. The Morgan fingerprint density at radius 3 is 1.90 bits per heavy atom. The van der Waals surface area contributed by atoms with E-state index in [1.807, 2.05) is 21.5 Å². The second kappa shape index (κ2) is 5.13. The van der Waals surface area contributed by atoms with Gasteiger partial charge in [-0.25, -0.2) is 19.9 Å². The van der Waals surface area contributed by atoms with E-state index in [2.05, 4.69) is 19.9 Å². The molecule has 98 valence electrons. The van der Waals surface area contributed by atoms with Crippen LogP contribution in [0.25, 0.3) is 31.4 Å². The molecular weight excluding hydrogens is 328 g/mol. The summed E-state index contributed by atoms with van der Waals surface area (Å²) in [7, 11) is 0. The van der Waals surface area contributed by atoms with E-state index in [-0.39, 0.29) is 0 Å². The van der Waals surface area contributed by atoms with Gasteiger partial charge in [-0.2, -0.15) is 0 Å². The highest BCUT2D eigenvalue weighted by molar-refractivity contribution is 7.20. The Kier molecular flexibility index (Phi) is 3.15. The fourth-order valence-electron chi connectivity index (χ4n) is 1.64. The van der Waals surface area contributed by atoms with Crippen LogP contribution < -0.4 is 0 Å². The first kappa shape index (κ1) is 12.3. The predicted octanol–water partition coefficient (Wildman–Crippen LogP) is 4.51. The van der Waals surface area contributed by atoms with E-state index < -0.39 is 0 Å². The van der Waals surface area contributed by atoms with Crippen molar-refractivity contribution in [3.63, 3.8) is 0 Å². The van der Waals surface area contributed by atoms with Crippen LogP contribution in [0.3, 0.4) is 0 Å². The van der Waals surface area contributed by atoms with Crippen LogP contribution in [0.1, 0.15) is 0 Å². The molecule has 0 radical (unpaired) electrons. The summed E-state index contributed by atoms with van der Waals surface area (Å²) in [4.78, 5) is 17.8. The number of nitrogens with zero attached hydrogens (tertiary/aromatic N) is 4. The molecule has 0 bridgehead atoms. The third kappa shape index (κ3) is 2.20. The highest BCUT2D eigenvalue weighted by Gasteiger charge is 2.13. The van der Waals surface area contributed by atoms with Crippen molar-refractivity contribution in [1.82, 2.24) is 19.9 Å². The zero-order valence-corrected chi connectivity index (χ0v) is 13.2. The summed E-state index contributed by atoms with van der Waals surface area (Å²) >= 11 is 6.39. The summed E-state index contributed by atoms with van der Waals surface area (Å²) in [6.45, 7) is 0. The molecule has 0 aliphatic rings. The maximum atomic E-state index is 4.61. The van der Waals surface area contributed by atoms with E-state index in [0.717, 1.165) is 31.4 Å². The highest BCUT2D eigenvalue weighted by Crippen LogP contribution is 2.33. The molecule has 0 aliphatic carbocycles. The first-order chi connectivity index (χ1) is 9.90. The zero-order chi connectivity index (χ0) is 13.4. The van der Waals surface area contributed by atoms with Crippen LogP contribution in [0, 0.1) is 0 Å². The van der Waals surface area contributed by atoms with Crippen LogP contribution >= 0.6 is 45.3 Å². The van der Waals surface area contributed by atoms with E-state index >= 15 is 0 Å². The van der Waals surface area contributed by atoms with Gasteiger partial charge in [0.25, 0.3) is 0 Å². The van der Waals surface area contributed by atoms with E-state index in [1.54, 1.807) is 57.7 Å². The summed E-state index contributed by atoms with van der Waals surface area (Å²) in [5.74, 6) is 0. The lowest BCUT2D eigenvalue weighted by molar-refractivity contribution is 1.31. The number of hydrogen-bond donors (Lipinski definition) is 0. The Morgan fingerprint density at radius 1 is 0.600 bits per heavy atom. The first-order valence-corrected chi connectivity index (χ1v) is 9.13. The highest BCUT2D eigenvalue weighted by atomic mass is 32.1. The lowest BCUT2D eigenvalue weighted by atomic mass is 10.5. The van der Waals surface area contributed by atoms with Crippen molar-refractivity contribution in [2.75, 3.05) is 0 Å². The van der Waals surface area contributed by atoms with Crippen molar-refractivity contribution in [2.45, 2.75) is 0 Å². The van der Waals surface area contributed by atoms with Crippen molar-refractivity contribution in [1.29, 1.82) is 0 Å². The van der Waals surface area contributed by atoms with Crippen LogP contribution in [-0.2, 0) is 0 Å². The summed E-state index contributed by atoms with van der Waals surface area (Å²) in [6, 6.07) is 0. The molecule has 4 aromatic heterocycles. The van der Waals surface area contributed by atoms with Gasteiger partial charge < -0.3 is 0 Å². The average Bonchev–Trinajstić information content (AvgIpc) is 3.22. The van der Waals surface area contributed by atoms with Gasteiger partial charge in [-0.15, -0.1) is 45.3 Å². The van der Waals surface area contributed by atoms with Gasteiger partial charge in [0.05, 0.1) is 0 Å². The number of hydrogen-bond acceptors (Lipinski definition) is 8. The molecule has 4 rings (SSSR count). The normalized spacial score (nSPS) is 11.0. The molecule has 0 fully saturated rings. The van der Waals surface area contributed by atoms with Gasteiger partial charge in [0.15, 0.2) is 10.0 Å². The predicted molar refractivity (Wildman–Crippen MR) is 85.4 cm³/mol. The molecule has 0 amide bonds. The van der Waals surface area contributed by atoms with Crippen LogP contribution in [0.4, 0.5) is 0 Å². The largest absolute Gasteiger partial charge is 0.243 e. The average molecular weight is 334 g/mol. The van der Waals surface area contributed by atoms with Crippen LogP contribution in [0.5, 0.6) is 0 Å². The molecular formula is C12H6N4S4. The van der Waals surface area contributed by atoms with Crippen molar-refractivity contribution in [2.24, 2.45) is 0 Å². The maximum absolute atomic E-state index is 4.61. The van der Waals surface area contributed by atoms with Crippen LogP contribution in [-0.4, -0.2) is 19.9 Å². The van der Waals surface area contributed by atoms with Gasteiger partial charge in [0.2, 0.25) is 0 Å². The molecule has 0 saturated heterocycles. The Morgan fingerprint density at radius 2 is 1.20 bits per heavy atom. The third-order valence-electron chi connectivity index (χ3n) is 2.49. The molecule has 4 aromatic rings. The summed E-state index contributed by atoms with van der Waals surface area (Å²) < 4.78 is 0. The molecule has 0 N–H and O–H groups in total. The zero-order valence-electron chi connectivity index (χ0n) is 9.89. The first-order valence-electron chi connectivity index (χ1n) is 5.61. The molecule has 4 nitrogen and oxygen atoms in total. The van der Waals surface area contributed by atoms with Gasteiger partial charge in [-0.05, 0) is 0 Å². The minimum atomic E-state index is 0.910. The lowest BCUT2D eigenvalue weighted by Gasteiger charge is -1.88. The Hall–Kier alpha value is -1.48. The lowest BCUT2D eigenvalue weighted by Crippen LogP contribution is -1.79. The summed E-state index contributed by atoms with van der Waals surface area (Å²) in [6.07, 6.45) is 3.59. The van der Waals surface area contributed by atoms with E-state index in [0.29, 0.717) is 0 Å². The molecule has 0 saturated carbocycles. The van der Waals surface area contributed by atoms with Crippen molar-refractivity contribution in [3.8, 4) is 31.4 Å². The number of aromatic nitrogens is 4. The minimum Gasteiger partial charge on any atom is -0.243 e. The van der Waals surface area contributed by atoms with Gasteiger partial charge in [0, 0.05) is 33.9 Å². The van der Waals surface area contributed by atoms with Crippen LogP contribution in [0.2, 0.25) is 0 Å². The summed E-state index contributed by atoms with van der Waals surface area (Å²) in [5.41, 5.74) is 1.83. The molecule has 0 unspecified atom stereocenters. The van der Waals surface area contributed by atoms with Crippen molar-refractivity contribution < 1.29 is 0 Å². The van der Waals surface area contributed by atoms with E-state index in [4.69, 9.17) is 0 Å². The SMILES string of the molecule is c1csc(-c2csc(-c3csc(-c4nccs4)n3)n2)n1. The Bertz CT molecular complexity index is 743. The standard InChI is InChI=1S/C12H6N4S4/c1-3-17-9(13-1)7-5-19-10(15-7)8-6-20-12(16-8)11-14-2-4-18-11/h1-6H. The van der Waals surface area contributed by atoms with Gasteiger partial charge in [-0.1, -0.05) is 0 Å². The fourth-order valence-corrected chi connectivity index (χ4v) is 4.65. The number of thiazole rings is 4. The maximum Gasteiger partial charge on any atom is 0.152 e. The van der Waals surface area contributed by atoms with Gasteiger partial charge in [-0.3, -0.25) is 0 Å². The Labute approximate surface area is 130 Å². The molecule has 0 atom stereocenters. The third-order valence-corrected chi connectivity index (χ3v) is 5.91. The monoisotopic (exact) mass is 334 g/mol. The van der Waals surface area contributed by atoms with Gasteiger partial charge >= 0.3 is 0 Å². The molecule has 0 spiro atoms. The quantitative estimate of drug-likeness (QED) is 0.553. The second-order valence-electron chi connectivity index (χ2n) is 3.75. The smallest absolute Gasteiger partial charge is 0.152 e.